The molecule has 2 fully saturated rings. The number of ketones is 1. The van der Waals surface area contributed by atoms with E-state index in [9.17, 15) is 9.59 Å². The lowest BCUT2D eigenvalue weighted by Gasteiger charge is -2.51. The molecule has 1 aromatic carbocycles. The lowest BCUT2D eigenvalue weighted by Crippen LogP contribution is -2.52. The first-order valence-corrected chi connectivity index (χ1v) is 14.6. The van der Waals surface area contributed by atoms with E-state index in [2.05, 4.69) is 29.1 Å². The predicted octanol–water partition coefficient (Wildman–Crippen LogP) is 7.04. The van der Waals surface area contributed by atoms with Gasteiger partial charge in [-0.1, -0.05) is 43.1 Å². The Morgan fingerprint density at radius 1 is 1.18 bits per heavy atom. The van der Waals surface area contributed by atoms with Crippen LogP contribution >= 0.6 is 23.2 Å². The summed E-state index contributed by atoms with van der Waals surface area (Å²) in [6.45, 7) is 4.50. The van der Waals surface area contributed by atoms with Gasteiger partial charge >= 0.3 is 0 Å². The normalized spacial score (nSPS) is 26.3. The Morgan fingerprint density at radius 2 is 1.93 bits per heavy atom. The standard InChI is InChI=1S/C31H33Cl2FN4O2/c1-29(2)9-11-30(12-10-29)15-21(24(39)7-5-19-16-35-17-38(19)3)25(20-8-13-36-27(33)26(20)34)31(30)22-6-4-18(32)14-23(22)37-28(31)40/h4,6,8,13-14,16-17,21,25H,5,7,9-12,15H2,1-3H3,(H,37,40)/t21-,25-,31+/m0/s1. The third kappa shape index (κ3) is 4.03. The number of pyridine rings is 1. The lowest BCUT2D eigenvalue weighted by atomic mass is 9.51. The third-order valence-electron chi connectivity index (χ3n) is 10.1. The van der Waals surface area contributed by atoms with Crippen LogP contribution in [0, 0.1) is 22.6 Å². The minimum atomic E-state index is -1.15. The summed E-state index contributed by atoms with van der Waals surface area (Å²) in [5, 5.41) is 3.35. The van der Waals surface area contributed by atoms with Crippen molar-refractivity contribution in [3.63, 3.8) is 0 Å². The molecule has 9 heteroatoms. The van der Waals surface area contributed by atoms with Crippen LogP contribution in [0.2, 0.25) is 10.2 Å². The maximum absolute atomic E-state index is 16.0. The quantitative estimate of drug-likeness (QED) is 0.327. The average Bonchev–Trinajstić information content (AvgIpc) is 3.54. The van der Waals surface area contributed by atoms with Gasteiger partial charge in [0.2, 0.25) is 5.91 Å². The summed E-state index contributed by atoms with van der Waals surface area (Å²) in [7, 11) is 1.90. The average molecular weight is 584 g/mol. The van der Waals surface area contributed by atoms with Crippen LogP contribution in [0.15, 0.2) is 43.0 Å². The van der Waals surface area contributed by atoms with E-state index in [4.69, 9.17) is 23.2 Å². The fraction of sp³-hybridized carbons (Fsp3) is 0.484. The van der Waals surface area contributed by atoms with Crippen LogP contribution in [0.1, 0.15) is 75.1 Å². The number of aryl methyl sites for hydroxylation is 2. The number of carbonyl (C=O) groups is 2. The number of nitrogens with one attached hydrogen (secondary N) is 1. The molecule has 210 valence electrons. The number of rotatable bonds is 5. The summed E-state index contributed by atoms with van der Waals surface area (Å²) >= 11 is 12.6. The first kappa shape index (κ1) is 27.4. The van der Waals surface area contributed by atoms with Crippen LogP contribution < -0.4 is 5.32 Å². The molecule has 3 heterocycles. The minimum Gasteiger partial charge on any atom is -0.338 e. The summed E-state index contributed by atoms with van der Waals surface area (Å²) < 4.78 is 17.9. The van der Waals surface area contributed by atoms with E-state index < -0.39 is 28.5 Å². The number of halogens is 3. The van der Waals surface area contributed by atoms with Crippen molar-refractivity contribution in [3.8, 4) is 0 Å². The van der Waals surface area contributed by atoms with Gasteiger partial charge in [0.1, 0.15) is 5.78 Å². The van der Waals surface area contributed by atoms with Gasteiger partial charge in [0.05, 0.1) is 11.7 Å². The molecule has 6 nitrogen and oxygen atoms in total. The van der Waals surface area contributed by atoms with Crippen LogP contribution in [0.25, 0.3) is 0 Å². The Bertz CT molecular complexity index is 1510. The van der Waals surface area contributed by atoms with Gasteiger partial charge in [0.15, 0.2) is 11.0 Å². The zero-order valence-corrected chi connectivity index (χ0v) is 24.4. The molecule has 1 aliphatic heterocycles. The van der Waals surface area contributed by atoms with Gasteiger partial charge in [-0.2, -0.15) is 0 Å². The topological polar surface area (TPSA) is 76.9 Å². The van der Waals surface area contributed by atoms with E-state index in [-0.39, 0.29) is 34.2 Å². The molecule has 0 unspecified atom stereocenters. The number of hydrogen-bond donors (Lipinski definition) is 1. The molecule has 40 heavy (non-hydrogen) atoms. The van der Waals surface area contributed by atoms with Crippen LogP contribution in [-0.2, 0) is 28.5 Å². The fourth-order valence-corrected chi connectivity index (χ4v) is 8.30. The number of carbonyl (C=O) groups excluding carboxylic acids is 2. The third-order valence-corrected chi connectivity index (χ3v) is 10.6. The van der Waals surface area contributed by atoms with E-state index in [1.54, 1.807) is 30.7 Å². The molecule has 0 saturated heterocycles. The molecule has 3 atom stereocenters. The second-order valence-electron chi connectivity index (χ2n) is 12.7. The second kappa shape index (κ2) is 9.66. The molecule has 2 saturated carbocycles. The Balaban J connectivity index is 1.55. The van der Waals surface area contributed by atoms with Gasteiger partial charge in [-0.25, -0.2) is 14.4 Å². The molecule has 0 bridgehead atoms. The number of hydrogen-bond acceptors (Lipinski definition) is 4. The fourth-order valence-electron chi connectivity index (χ4n) is 7.96. The number of imidazole rings is 1. The van der Waals surface area contributed by atoms with Crippen molar-refractivity contribution >= 4 is 40.6 Å². The highest BCUT2D eigenvalue weighted by Gasteiger charge is 2.72. The maximum atomic E-state index is 16.0. The van der Waals surface area contributed by atoms with Crippen LogP contribution in [-0.4, -0.2) is 26.2 Å². The van der Waals surface area contributed by atoms with Crippen LogP contribution in [0.5, 0.6) is 0 Å². The molecule has 2 spiro atoms. The Morgan fingerprint density at radius 3 is 2.62 bits per heavy atom. The molecule has 2 aliphatic carbocycles. The molecule has 3 aromatic rings. The monoisotopic (exact) mass is 582 g/mol. The predicted molar refractivity (Wildman–Crippen MR) is 153 cm³/mol. The highest BCUT2D eigenvalue weighted by atomic mass is 35.5. The first-order valence-electron chi connectivity index (χ1n) is 13.9. The van der Waals surface area contributed by atoms with Crippen molar-refractivity contribution < 1.29 is 14.0 Å². The number of anilines is 1. The highest BCUT2D eigenvalue weighted by Crippen LogP contribution is 2.72. The Labute approximate surface area is 243 Å². The molecule has 1 N–H and O–H groups in total. The van der Waals surface area contributed by atoms with Gasteiger partial charge in [-0.15, -0.1) is 0 Å². The summed E-state index contributed by atoms with van der Waals surface area (Å²) in [5.41, 5.74) is 1.08. The zero-order valence-electron chi connectivity index (χ0n) is 22.9. The highest BCUT2D eigenvalue weighted by molar-refractivity contribution is 6.31. The van der Waals surface area contributed by atoms with Crippen LogP contribution in [0.4, 0.5) is 10.1 Å². The van der Waals surface area contributed by atoms with Crippen molar-refractivity contribution in [2.75, 3.05) is 5.32 Å². The summed E-state index contributed by atoms with van der Waals surface area (Å²) in [5.74, 6) is -2.15. The number of amides is 1. The molecular formula is C31H33Cl2FN4O2. The van der Waals surface area contributed by atoms with E-state index in [0.29, 0.717) is 23.6 Å². The van der Waals surface area contributed by atoms with Gasteiger partial charge in [0, 0.05) is 54.1 Å². The molecule has 0 radical (unpaired) electrons. The van der Waals surface area contributed by atoms with Gasteiger partial charge in [0.25, 0.3) is 0 Å². The maximum Gasteiger partial charge on any atom is 0.236 e. The molecule has 1 amide bonds. The number of aromatic nitrogens is 3. The van der Waals surface area contributed by atoms with E-state index in [0.717, 1.165) is 36.9 Å². The minimum absolute atomic E-state index is 0.0230. The molecular weight excluding hydrogens is 550 g/mol. The van der Waals surface area contributed by atoms with Crippen molar-refractivity contribution in [2.24, 2.45) is 23.8 Å². The Hall–Kier alpha value is -2.77. The Kier molecular flexibility index (Phi) is 6.62. The second-order valence-corrected chi connectivity index (χ2v) is 13.4. The molecule has 2 aromatic heterocycles. The zero-order chi connectivity index (χ0) is 28.4. The van der Waals surface area contributed by atoms with Gasteiger partial charge < -0.3 is 9.88 Å². The lowest BCUT2D eigenvalue weighted by molar-refractivity contribution is -0.127. The van der Waals surface area contributed by atoms with E-state index in [1.807, 2.05) is 17.7 Å². The summed E-state index contributed by atoms with van der Waals surface area (Å²) in [4.78, 5) is 36.9. The van der Waals surface area contributed by atoms with Gasteiger partial charge in [-0.05, 0) is 78.7 Å². The largest absolute Gasteiger partial charge is 0.338 e. The van der Waals surface area contributed by atoms with Crippen molar-refractivity contribution in [3.05, 3.63) is 75.8 Å². The summed E-state index contributed by atoms with van der Waals surface area (Å²) in [6, 6.07) is 7.04. The smallest absolute Gasteiger partial charge is 0.236 e. The number of benzene rings is 1. The molecule has 3 aliphatic rings. The van der Waals surface area contributed by atoms with E-state index in [1.165, 1.54) is 6.20 Å². The number of fused-ring (bicyclic) bond motifs is 3. The number of Topliss-reactive ketones (excluding diaryl/α,β-unsaturated/α-hetero) is 1. The number of nitrogens with zero attached hydrogens (tertiary/aromatic N) is 3. The van der Waals surface area contributed by atoms with Gasteiger partial charge in [-0.3, -0.25) is 9.59 Å². The first-order chi connectivity index (χ1) is 19.0. The van der Waals surface area contributed by atoms with Crippen LogP contribution in [0.3, 0.4) is 0 Å². The summed E-state index contributed by atoms with van der Waals surface area (Å²) in [6.07, 6.45) is 9.58. The molecule has 6 rings (SSSR count). The SMILES string of the molecule is Cn1cncc1CCC(=O)[C@@H]1CC2(CCC(C)(C)CC2)[C@@]2(C(=O)Nc3cc(Cl)ccc32)[C@H]1c1ccnc(Cl)c1F. The van der Waals surface area contributed by atoms with Crippen molar-refractivity contribution in [2.45, 2.75) is 70.1 Å². The van der Waals surface area contributed by atoms with E-state index >= 15 is 4.39 Å². The van der Waals surface area contributed by atoms with Crippen molar-refractivity contribution in [1.82, 2.24) is 14.5 Å². The van der Waals surface area contributed by atoms with Crippen molar-refractivity contribution in [1.29, 1.82) is 0 Å².